The molecule has 0 aliphatic carbocycles. The van der Waals surface area contributed by atoms with Gasteiger partial charge in [-0.1, -0.05) is 57.2 Å². The van der Waals surface area contributed by atoms with E-state index in [0.29, 0.717) is 0 Å². The zero-order valence-electron chi connectivity index (χ0n) is 13.4. The van der Waals surface area contributed by atoms with Crippen LogP contribution in [0.1, 0.15) is 31.9 Å². The predicted octanol–water partition coefficient (Wildman–Crippen LogP) is 4.96. The van der Waals surface area contributed by atoms with Gasteiger partial charge >= 0.3 is 0 Å². The second-order valence-corrected chi connectivity index (χ2v) is 6.55. The van der Waals surface area contributed by atoms with Crippen LogP contribution in [-0.4, -0.2) is 5.91 Å². The van der Waals surface area contributed by atoms with Crippen molar-refractivity contribution in [2.75, 3.05) is 5.32 Å². The molecule has 2 aromatic rings. The summed E-state index contributed by atoms with van der Waals surface area (Å²) < 4.78 is 0. The monoisotopic (exact) mass is 281 g/mol. The third kappa shape index (κ3) is 3.52. The zero-order valence-corrected chi connectivity index (χ0v) is 13.4. The van der Waals surface area contributed by atoms with E-state index < -0.39 is 5.41 Å². The number of rotatable bonds is 2. The maximum Gasteiger partial charge on any atom is 0.229 e. The molecule has 110 valence electrons. The number of carbonyl (C=O) groups is 1. The highest BCUT2D eigenvalue weighted by atomic mass is 16.2. The summed E-state index contributed by atoms with van der Waals surface area (Å²) in [4.78, 5) is 12.2. The lowest BCUT2D eigenvalue weighted by molar-refractivity contribution is -0.123. The third-order valence-corrected chi connectivity index (χ3v) is 3.62. The van der Waals surface area contributed by atoms with Crippen molar-refractivity contribution in [2.24, 2.45) is 5.41 Å². The van der Waals surface area contributed by atoms with Crippen LogP contribution in [0.15, 0.2) is 42.5 Å². The predicted molar refractivity (Wildman–Crippen MR) is 89.4 cm³/mol. The van der Waals surface area contributed by atoms with E-state index in [1.165, 1.54) is 11.1 Å². The van der Waals surface area contributed by atoms with Gasteiger partial charge in [-0.25, -0.2) is 0 Å². The standard InChI is InChI=1S/C19H23NO/c1-13-8-6-7-9-16(13)15-11-10-14(2)17(12-15)20-18(21)19(3,4)5/h6-12H,1-5H3,(H,20,21). The van der Waals surface area contributed by atoms with Gasteiger partial charge in [-0.3, -0.25) is 4.79 Å². The number of anilines is 1. The van der Waals surface area contributed by atoms with E-state index in [4.69, 9.17) is 0 Å². The number of amides is 1. The highest BCUT2D eigenvalue weighted by molar-refractivity contribution is 5.95. The van der Waals surface area contributed by atoms with E-state index >= 15 is 0 Å². The summed E-state index contributed by atoms with van der Waals surface area (Å²) in [6, 6.07) is 14.5. The average molecular weight is 281 g/mol. The van der Waals surface area contributed by atoms with Crippen molar-refractivity contribution in [3.8, 4) is 11.1 Å². The molecule has 0 fully saturated rings. The number of aryl methyl sites for hydroxylation is 2. The van der Waals surface area contributed by atoms with Crippen LogP contribution in [0.25, 0.3) is 11.1 Å². The fourth-order valence-electron chi connectivity index (χ4n) is 2.13. The largest absolute Gasteiger partial charge is 0.325 e. The van der Waals surface area contributed by atoms with Crippen LogP contribution < -0.4 is 5.32 Å². The molecule has 0 atom stereocenters. The molecule has 2 heteroatoms. The van der Waals surface area contributed by atoms with Crippen LogP contribution in [0, 0.1) is 19.3 Å². The summed E-state index contributed by atoms with van der Waals surface area (Å²) in [5.41, 5.74) is 5.12. The fourth-order valence-corrected chi connectivity index (χ4v) is 2.13. The van der Waals surface area contributed by atoms with Crippen LogP contribution in [0.3, 0.4) is 0 Å². The lowest BCUT2D eigenvalue weighted by Gasteiger charge is -2.19. The summed E-state index contributed by atoms with van der Waals surface area (Å²) in [6.07, 6.45) is 0. The van der Waals surface area contributed by atoms with Gasteiger partial charge in [-0.15, -0.1) is 0 Å². The number of carbonyl (C=O) groups excluding carboxylic acids is 1. The Bertz CT molecular complexity index is 666. The number of benzene rings is 2. The number of hydrogen-bond acceptors (Lipinski definition) is 1. The van der Waals surface area contributed by atoms with E-state index in [9.17, 15) is 4.79 Å². The molecule has 21 heavy (non-hydrogen) atoms. The van der Waals surface area contributed by atoms with Crippen LogP contribution in [0.2, 0.25) is 0 Å². The molecule has 0 spiro atoms. The van der Waals surface area contributed by atoms with Gasteiger partial charge in [0.05, 0.1) is 0 Å². The second kappa shape index (κ2) is 5.72. The molecule has 1 amide bonds. The lowest BCUT2D eigenvalue weighted by Crippen LogP contribution is -2.27. The average Bonchev–Trinajstić information content (AvgIpc) is 2.41. The molecule has 2 rings (SSSR count). The third-order valence-electron chi connectivity index (χ3n) is 3.62. The van der Waals surface area contributed by atoms with Crippen LogP contribution >= 0.6 is 0 Å². The van der Waals surface area contributed by atoms with Crippen molar-refractivity contribution >= 4 is 11.6 Å². The Morgan fingerprint density at radius 3 is 2.24 bits per heavy atom. The Labute approximate surface area is 127 Å². The molecule has 0 unspecified atom stereocenters. The van der Waals surface area contributed by atoms with Gasteiger partial charge in [-0.2, -0.15) is 0 Å². The maximum atomic E-state index is 12.2. The van der Waals surface area contributed by atoms with E-state index in [1.807, 2.05) is 39.8 Å². The molecule has 0 radical (unpaired) electrons. The van der Waals surface area contributed by atoms with Crippen molar-refractivity contribution in [3.05, 3.63) is 53.6 Å². The van der Waals surface area contributed by atoms with Gasteiger partial charge < -0.3 is 5.32 Å². The molecular formula is C19H23NO. The molecule has 0 saturated carbocycles. The SMILES string of the molecule is Cc1ccc(-c2ccccc2C)cc1NC(=O)C(C)(C)C. The van der Waals surface area contributed by atoms with E-state index in [0.717, 1.165) is 16.8 Å². The second-order valence-electron chi connectivity index (χ2n) is 6.55. The molecule has 1 N–H and O–H groups in total. The normalized spacial score (nSPS) is 11.3. The van der Waals surface area contributed by atoms with Crippen LogP contribution in [0.4, 0.5) is 5.69 Å². The first-order valence-corrected chi connectivity index (χ1v) is 7.27. The Hall–Kier alpha value is -2.09. The van der Waals surface area contributed by atoms with Gasteiger partial charge in [0.15, 0.2) is 0 Å². The van der Waals surface area contributed by atoms with Crippen molar-refractivity contribution in [2.45, 2.75) is 34.6 Å². The first-order chi connectivity index (χ1) is 9.79. The van der Waals surface area contributed by atoms with Gasteiger partial charge in [0, 0.05) is 11.1 Å². The van der Waals surface area contributed by atoms with Gasteiger partial charge in [0.2, 0.25) is 5.91 Å². The summed E-state index contributed by atoms with van der Waals surface area (Å²) in [5, 5.41) is 3.04. The Morgan fingerprint density at radius 2 is 1.62 bits per heavy atom. The first kappa shape index (κ1) is 15.3. The smallest absolute Gasteiger partial charge is 0.229 e. The molecule has 0 heterocycles. The lowest BCUT2D eigenvalue weighted by atomic mass is 9.94. The van der Waals surface area contributed by atoms with E-state index in [2.05, 4.69) is 42.6 Å². The number of nitrogens with one attached hydrogen (secondary N) is 1. The van der Waals surface area contributed by atoms with Crippen molar-refractivity contribution in [3.63, 3.8) is 0 Å². The highest BCUT2D eigenvalue weighted by Crippen LogP contribution is 2.28. The van der Waals surface area contributed by atoms with Gasteiger partial charge in [0.1, 0.15) is 0 Å². The molecule has 0 aliphatic rings. The molecular weight excluding hydrogens is 258 g/mol. The van der Waals surface area contributed by atoms with Crippen molar-refractivity contribution in [1.29, 1.82) is 0 Å². The Kier molecular flexibility index (Phi) is 4.17. The van der Waals surface area contributed by atoms with Crippen LogP contribution in [0.5, 0.6) is 0 Å². The molecule has 0 aliphatic heterocycles. The molecule has 0 bridgehead atoms. The van der Waals surface area contributed by atoms with Crippen molar-refractivity contribution in [1.82, 2.24) is 0 Å². The van der Waals surface area contributed by atoms with E-state index in [-0.39, 0.29) is 5.91 Å². The summed E-state index contributed by atoms with van der Waals surface area (Å²) >= 11 is 0. The fraction of sp³-hybridized carbons (Fsp3) is 0.316. The summed E-state index contributed by atoms with van der Waals surface area (Å²) in [5.74, 6) is 0.0348. The molecule has 0 saturated heterocycles. The topological polar surface area (TPSA) is 29.1 Å². The number of hydrogen-bond donors (Lipinski definition) is 1. The minimum atomic E-state index is -0.398. The van der Waals surface area contributed by atoms with E-state index in [1.54, 1.807) is 0 Å². The zero-order chi connectivity index (χ0) is 15.6. The van der Waals surface area contributed by atoms with Crippen molar-refractivity contribution < 1.29 is 4.79 Å². The maximum absolute atomic E-state index is 12.2. The quantitative estimate of drug-likeness (QED) is 0.828. The summed E-state index contributed by atoms with van der Waals surface area (Å²) in [6.45, 7) is 9.87. The molecule has 2 nitrogen and oxygen atoms in total. The highest BCUT2D eigenvalue weighted by Gasteiger charge is 2.21. The van der Waals surface area contributed by atoms with Gasteiger partial charge in [-0.05, 0) is 42.2 Å². The Balaban J connectivity index is 2.39. The van der Waals surface area contributed by atoms with Gasteiger partial charge in [0.25, 0.3) is 0 Å². The Morgan fingerprint density at radius 1 is 0.952 bits per heavy atom. The minimum absolute atomic E-state index is 0.0348. The molecule has 2 aromatic carbocycles. The first-order valence-electron chi connectivity index (χ1n) is 7.27. The van der Waals surface area contributed by atoms with Crippen LogP contribution in [-0.2, 0) is 4.79 Å². The minimum Gasteiger partial charge on any atom is -0.325 e. The summed E-state index contributed by atoms with van der Waals surface area (Å²) in [7, 11) is 0. The molecule has 0 aromatic heterocycles.